The molecule has 84 valence electrons. The zero-order chi connectivity index (χ0) is 11.1. The van der Waals surface area contributed by atoms with Crippen molar-refractivity contribution in [1.29, 1.82) is 0 Å². The molecule has 1 amide bonds. The molecule has 1 unspecified atom stereocenters. The number of ketones is 1. The Labute approximate surface area is 89.8 Å². The molecule has 1 saturated carbocycles. The molecule has 0 aromatic carbocycles. The first-order valence-electron chi connectivity index (χ1n) is 5.56. The van der Waals surface area contributed by atoms with E-state index < -0.39 is 5.41 Å². The number of hydrogen-bond acceptors (Lipinski definition) is 3. The van der Waals surface area contributed by atoms with Crippen LogP contribution in [0.3, 0.4) is 0 Å². The van der Waals surface area contributed by atoms with Crippen molar-refractivity contribution < 1.29 is 9.59 Å². The first kappa shape index (κ1) is 10.6. The van der Waals surface area contributed by atoms with E-state index in [1.165, 1.54) is 0 Å². The molecule has 0 aromatic rings. The summed E-state index contributed by atoms with van der Waals surface area (Å²) in [5.74, 6) is 0.401. The monoisotopic (exact) mass is 210 g/mol. The van der Waals surface area contributed by atoms with Crippen LogP contribution in [0.15, 0.2) is 0 Å². The van der Waals surface area contributed by atoms with Gasteiger partial charge < -0.3 is 5.73 Å². The zero-order valence-corrected chi connectivity index (χ0v) is 9.16. The van der Waals surface area contributed by atoms with Crippen LogP contribution in [0.2, 0.25) is 0 Å². The molecule has 0 radical (unpaired) electrons. The van der Waals surface area contributed by atoms with Gasteiger partial charge in [0.1, 0.15) is 5.78 Å². The molecule has 2 rings (SSSR count). The molecular formula is C11H18N2O2. The topological polar surface area (TPSA) is 63.4 Å². The van der Waals surface area contributed by atoms with Gasteiger partial charge in [0, 0.05) is 12.5 Å². The van der Waals surface area contributed by atoms with Gasteiger partial charge in [-0.15, -0.1) is 0 Å². The summed E-state index contributed by atoms with van der Waals surface area (Å²) in [5, 5.41) is 0. The van der Waals surface area contributed by atoms with Crippen LogP contribution in [0.5, 0.6) is 0 Å². The van der Waals surface area contributed by atoms with E-state index >= 15 is 0 Å². The van der Waals surface area contributed by atoms with Crippen LogP contribution in [0.4, 0.5) is 0 Å². The molecule has 2 aliphatic rings. The number of amides is 1. The van der Waals surface area contributed by atoms with E-state index in [0.717, 1.165) is 25.8 Å². The number of nitrogens with zero attached hydrogens (tertiary/aromatic N) is 1. The van der Waals surface area contributed by atoms with Crippen molar-refractivity contribution >= 4 is 11.7 Å². The minimum atomic E-state index is -0.427. The van der Waals surface area contributed by atoms with Gasteiger partial charge in [0.25, 0.3) is 0 Å². The lowest BCUT2D eigenvalue weighted by Crippen LogP contribution is -2.38. The second kappa shape index (κ2) is 3.59. The number of nitrogens with two attached hydrogens (primary N) is 1. The summed E-state index contributed by atoms with van der Waals surface area (Å²) in [6, 6.07) is 0. The summed E-state index contributed by atoms with van der Waals surface area (Å²) in [6.45, 7) is 3.85. The standard InChI is InChI=1S/C11H18N2O2/c1-11(10(12)15)4-5-13(7-11)6-9(14)8-2-3-8/h8H,2-7H2,1H3,(H2,12,15). The molecule has 1 aliphatic carbocycles. The van der Waals surface area contributed by atoms with Crippen molar-refractivity contribution in [3.8, 4) is 0 Å². The van der Waals surface area contributed by atoms with Crippen LogP contribution in [-0.2, 0) is 9.59 Å². The fourth-order valence-corrected chi connectivity index (χ4v) is 2.15. The molecule has 15 heavy (non-hydrogen) atoms. The number of hydrogen-bond donors (Lipinski definition) is 1. The van der Waals surface area contributed by atoms with E-state index in [1.807, 2.05) is 6.92 Å². The quantitative estimate of drug-likeness (QED) is 0.719. The van der Waals surface area contributed by atoms with E-state index in [0.29, 0.717) is 24.8 Å². The van der Waals surface area contributed by atoms with Gasteiger partial charge in [0.2, 0.25) is 5.91 Å². The van der Waals surface area contributed by atoms with E-state index in [2.05, 4.69) is 4.90 Å². The summed E-state index contributed by atoms with van der Waals surface area (Å²) in [7, 11) is 0. The Hall–Kier alpha value is -0.900. The highest BCUT2D eigenvalue weighted by Gasteiger charge is 2.40. The minimum absolute atomic E-state index is 0.246. The van der Waals surface area contributed by atoms with Crippen molar-refractivity contribution in [2.75, 3.05) is 19.6 Å². The van der Waals surface area contributed by atoms with Crippen LogP contribution in [0, 0.1) is 11.3 Å². The normalized spacial score (nSPS) is 31.8. The summed E-state index contributed by atoms with van der Waals surface area (Å²) in [6.07, 6.45) is 2.89. The lowest BCUT2D eigenvalue weighted by Gasteiger charge is -2.20. The molecule has 4 heteroatoms. The van der Waals surface area contributed by atoms with Gasteiger partial charge in [-0.25, -0.2) is 0 Å². The average Bonchev–Trinajstić information content (AvgIpc) is 2.93. The third-order valence-corrected chi connectivity index (χ3v) is 3.56. The third-order valence-electron chi connectivity index (χ3n) is 3.56. The van der Waals surface area contributed by atoms with E-state index in [1.54, 1.807) is 0 Å². The highest BCUT2D eigenvalue weighted by Crippen LogP contribution is 2.33. The van der Waals surface area contributed by atoms with Crippen LogP contribution >= 0.6 is 0 Å². The highest BCUT2D eigenvalue weighted by atomic mass is 16.1. The predicted molar refractivity (Wildman–Crippen MR) is 56.1 cm³/mol. The maximum absolute atomic E-state index is 11.6. The van der Waals surface area contributed by atoms with Crippen molar-refractivity contribution in [3.63, 3.8) is 0 Å². The van der Waals surface area contributed by atoms with Gasteiger partial charge in [-0.2, -0.15) is 0 Å². The first-order chi connectivity index (χ1) is 7.01. The van der Waals surface area contributed by atoms with Gasteiger partial charge in [-0.3, -0.25) is 14.5 Å². The molecule has 1 atom stereocenters. The lowest BCUT2D eigenvalue weighted by molar-refractivity contribution is -0.127. The van der Waals surface area contributed by atoms with Crippen molar-refractivity contribution in [2.24, 2.45) is 17.1 Å². The molecule has 1 saturated heterocycles. The Kier molecular flexibility index (Phi) is 2.54. The molecule has 4 nitrogen and oxygen atoms in total. The molecule has 0 aromatic heterocycles. The van der Waals surface area contributed by atoms with Gasteiger partial charge in [-0.1, -0.05) is 0 Å². The Morgan fingerprint density at radius 3 is 2.60 bits per heavy atom. The Morgan fingerprint density at radius 2 is 2.13 bits per heavy atom. The number of rotatable bonds is 4. The van der Waals surface area contributed by atoms with Gasteiger partial charge in [0.15, 0.2) is 0 Å². The third kappa shape index (κ3) is 2.20. The van der Waals surface area contributed by atoms with Gasteiger partial charge in [0.05, 0.1) is 12.0 Å². The second-order valence-corrected chi connectivity index (χ2v) is 5.13. The summed E-state index contributed by atoms with van der Waals surface area (Å²) in [4.78, 5) is 24.9. The number of likely N-dealkylation sites (tertiary alicyclic amines) is 1. The van der Waals surface area contributed by atoms with E-state index in [9.17, 15) is 9.59 Å². The summed E-state index contributed by atoms with van der Waals surface area (Å²) >= 11 is 0. The molecule has 0 spiro atoms. The van der Waals surface area contributed by atoms with Crippen LogP contribution in [-0.4, -0.2) is 36.2 Å². The first-order valence-corrected chi connectivity index (χ1v) is 5.56. The smallest absolute Gasteiger partial charge is 0.224 e. The van der Waals surface area contributed by atoms with Crippen LogP contribution in [0.25, 0.3) is 0 Å². The molecule has 2 N–H and O–H groups in total. The van der Waals surface area contributed by atoms with Gasteiger partial charge in [-0.05, 0) is 32.7 Å². The fourth-order valence-electron chi connectivity index (χ4n) is 2.15. The maximum Gasteiger partial charge on any atom is 0.224 e. The maximum atomic E-state index is 11.6. The fraction of sp³-hybridized carbons (Fsp3) is 0.818. The lowest BCUT2D eigenvalue weighted by atomic mass is 9.89. The Bertz CT molecular complexity index is 299. The molecule has 0 bridgehead atoms. The predicted octanol–water partition coefficient (Wildman–Crippen LogP) is 0.163. The number of Topliss-reactive ketones (excluding diaryl/α,β-unsaturated/α-hetero) is 1. The molecule has 1 aliphatic heterocycles. The van der Waals surface area contributed by atoms with Crippen molar-refractivity contribution in [3.05, 3.63) is 0 Å². The second-order valence-electron chi connectivity index (χ2n) is 5.13. The largest absolute Gasteiger partial charge is 0.369 e. The average molecular weight is 210 g/mol. The Morgan fingerprint density at radius 1 is 1.47 bits per heavy atom. The van der Waals surface area contributed by atoms with E-state index in [4.69, 9.17) is 5.73 Å². The zero-order valence-electron chi connectivity index (χ0n) is 9.16. The number of carbonyl (C=O) groups excluding carboxylic acids is 2. The summed E-state index contributed by atoms with van der Waals surface area (Å²) in [5.41, 5.74) is 4.92. The molecular weight excluding hydrogens is 192 g/mol. The van der Waals surface area contributed by atoms with E-state index in [-0.39, 0.29) is 5.91 Å². The summed E-state index contributed by atoms with van der Waals surface area (Å²) < 4.78 is 0. The molecule has 2 fully saturated rings. The van der Waals surface area contributed by atoms with Crippen molar-refractivity contribution in [1.82, 2.24) is 4.90 Å². The van der Waals surface area contributed by atoms with Gasteiger partial charge >= 0.3 is 0 Å². The van der Waals surface area contributed by atoms with Crippen LogP contribution < -0.4 is 5.73 Å². The number of primary amides is 1. The Balaban J connectivity index is 1.86. The van der Waals surface area contributed by atoms with Crippen LogP contribution in [0.1, 0.15) is 26.2 Å². The highest BCUT2D eigenvalue weighted by molar-refractivity contribution is 5.85. The molecule has 1 heterocycles. The SMILES string of the molecule is CC1(C(N)=O)CCN(CC(=O)C2CC2)C1. The van der Waals surface area contributed by atoms with Crippen molar-refractivity contribution in [2.45, 2.75) is 26.2 Å². The number of carbonyl (C=O) groups is 2. The minimum Gasteiger partial charge on any atom is -0.369 e.